The van der Waals surface area contributed by atoms with E-state index in [2.05, 4.69) is 29.1 Å². The maximum Gasteiger partial charge on any atom is 0.111 e. The molecule has 108 valence electrons. The van der Waals surface area contributed by atoms with Crippen LogP contribution in [0.25, 0.3) is 11.0 Å². The van der Waals surface area contributed by atoms with Crippen LogP contribution < -0.4 is 5.32 Å². The third-order valence-electron chi connectivity index (χ3n) is 3.90. The maximum absolute atomic E-state index is 6.32. The lowest BCUT2D eigenvalue weighted by molar-refractivity contribution is 0.566. The van der Waals surface area contributed by atoms with Gasteiger partial charge in [0.05, 0.1) is 11.0 Å². The Kier molecular flexibility index (Phi) is 3.95. The van der Waals surface area contributed by atoms with Gasteiger partial charge in [0.15, 0.2) is 0 Å². The Labute approximate surface area is 129 Å². The van der Waals surface area contributed by atoms with Crippen LogP contribution in [0.3, 0.4) is 0 Å². The maximum atomic E-state index is 6.32. The van der Waals surface area contributed by atoms with Crippen molar-refractivity contribution in [3.05, 3.63) is 64.9 Å². The number of hydrogen-bond acceptors (Lipinski definition) is 2. The Morgan fingerprint density at radius 1 is 1.14 bits per heavy atom. The second-order valence-corrected chi connectivity index (χ2v) is 5.55. The molecule has 0 aliphatic carbocycles. The molecule has 4 heteroatoms. The highest BCUT2D eigenvalue weighted by molar-refractivity contribution is 6.31. The van der Waals surface area contributed by atoms with Crippen LogP contribution in [0.1, 0.15) is 17.4 Å². The van der Waals surface area contributed by atoms with Gasteiger partial charge < -0.3 is 9.88 Å². The van der Waals surface area contributed by atoms with Crippen LogP contribution in [-0.4, -0.2) is 16.6 Å². The number of aryl methyl sites for hydroxylation is 1. The Balaban J connectivity index is 1.96. The van der Waals surface area contributed by atoms with Crippen LogP contribution in [0.15, 0.2) is 48.5 Å². The van der Waals surface area contributed by atoms with Crippen LogP contribution in [0, 0.1) is 0 Å². The fourth-order valence-electron chi connectivity index (χ4n) is 2.69. The zero-order chi connectivity index (χ0) is 14.8. The first-order chi connectivity index (χ1) is 10.2. The van der Waals surface area contributed by atoms with E-state index < -0.39 is 0 Å². The number of benzene rings is 2. The molecule has 3 aromatic rings. The minimum atomic E-state index is 0.147. The molecule has 3 nitrogen and oxygen atoms in total. The molecule has 0 bridgehead atoms. The molecule has 0 spiro atoms. The molecule has 0 amide bonds. The van der Waals surface area contributed by atoms with E-state index in [0.717, 1.165) is 33.9 Å². The van der Waals surface area contributed by atoms with Gasteiger partial charge in [-0.2, -0.15) is 0 Å². The number of aromatic nitrogens is 2. The average molecular weight is 300 g/mol. The summed E-state index contributed by atoms with van der Waals surface area (Å²) < 4.78 is 2.15. The monoisotopic (exact) mass is 299 g/mol. The highest BCUT2D eigenvalue weighted by atomic mass is 35.5. The van der Waals surface area contributed by atoms with Crippen molar-refractivity contribution in [1.29, 1.82) is 0 Å². The summed E-state index contributed by atoms with van der Waals surface area (Å²) in [6, 6.07) is 16.3. The van der Waals surface area contributed by atoms with Crippen LogP contribution in [0.4, 0.5) is 0 Å². The van der Waals surface area contributed by atoms with Gasteiger partial charge in [0.25, 0.3) is 0 Å². The van der Waals surface area contributed by atoms with Crippen LogP contribution in [0.2, 0.25) is 5.02 Å². The Bertz CT molecular complexity index is 764. The molecule has 0 saturated carbocycles. The zero-order valence-corrected chi connectivity index (χ0v) is 12.9. The van der Waals surface area contributed by atoms with Crippen molar-refractivity contribution in [2.75, 3.05) is 7.05 Å². The topological polar surface area (TPSA) is 29.9 Å². The normalized spacial score (nSPS) is 12.7. The summed E-state index contributed by atoms with van der Waals surface area (Å²) in [6.07, 6.45) is 0.797. The van der Waals surface area contributed by atoms with Crippen LogP contribution >= 0.6 is 11.6 Å². The molecule has 1 unspecified atom stereocenters. The van der Waals surface area contributed by atoms with E-state index in [1.165, 1.54) is 0 Å². The van der Waals surface area contributed by atoms with Crippen molar-refractivity contribution < 1.29 is 0 Å². The van der Waals surface area contributed by atoms with E-state index in [9.17, 15) is 0 Å². The summed E-state index contributed by atoms with van der Waals surface area (Å²) in [6.45, 7) is 0. The molecule has 21 heavy (non-hydrogen) atoms. The van der Waals surface area contributed by atoms with Crippen LogP contribution in [0.5, 0.6) is 0 Å². The van der Waals surface area contributed by atoms with Crippen molar-refractivity contribution in [2.24, 2.45) is 7.05 Å². The molecular formula is C17H18ClN3. The number of fused-ring (bicyclic) bond motifs is 1. The minimum Gasteiger partial charge on any atom is -0.331 e. The summed E-state index contributed by atoms with van der Waals surface area (Å²) in [5.41, 5.74) is 3.29. The average Bonchev–Trinajstić information content (AvgIpc) is 2.82. The van der Waals surface area contributed by atoms with Gasteiger partial charge in [-0.3, -0.25) is 0 Å². The number of rotatable bonds is 4. The largest absolute Gasteiger partial charge is 0.331 e. The first-order valence-electron chi connectivity index (χ1n) is 7.02. The molecule has 1 heterocycles. The molecule has 0 aliphatic rings. The van der Waals surface area contributed by atoms with Crippen molar-refractivity contribution in [3.63, 3.8) is 0 Å². The van der Waals surface area contributed by atoms with Gasteiger partial charge >= 0.3 is 0 Å². The number of halogens is 1. The highest BCUT2D eigenvalue weighted by Gasteiger charge is 2.16. The van der Waals surface area contributed by atoms with Crippen molar-refractivity contribution in [2.45, 2.75) is 12.5 Å². The van der Waals surface area contributed by atoms with Gasteiger partial charge in [-0.15, -0.1) is 0 Å². The van der Waals surface area contributed by atoms with E-state index in [-0.39, 0.29) is 6.04 Å². The number of hydrogen-bond donors (Lipinski definition) is 1. The van der Waals surface area contributed by atoms with Gasteiger partial charge in [-0.05, 0) is 30.8 Å². The van der Waals surface area contributed by atoms with E-state index in [0.29, 0.717) is 0 Å². The van der Waals surface area contributed by atoms with Gasteiger partial charge in [0.1, 0.15) is 5.82 Å². The fraction of sp³-hybridized carbons (Fsp3) is 0.235. The molecule has 0 fully saturated rings. The van der Waals surface area contributed by atoms with Crippen LogP contribution in [-0.2, 0) is 13.5 Å². The summed E-state index contributed by atoms with van der Waals surface area (Å²) in [5.74, 6) is 1.05. The quantitative estimate of drug-likeness (QED) is 0.795. The molecule has 1 atom stereocenters. The lowest BCUT2D eigenvalue weighted by Gasteiger charge is -2.17. The molecule has 2 aromatic carbocycles. The van der Waals surface area contributed by atoms with E-state index in [1.807, 2.05) is 43.4 Å². The minimum absolute atomic E-state index is 0.147. The number of nitrogens with one attached hydrogen (secondary N) is 1. The third-order valence-corrected chi connectivity index (χ3v) is 4.24. The molecule has 1 aromatic heterocycles. The number of nitrogens with zero attached hydrogens (tertiary/aromatic N) is 2. The zero-order valence-electron chi connectivity index (χ0n) is 12.2. The predicted molar refractivity (Wildman–Crippen MR) is 87.7 cm³/mol. The van der Waals surface area contributed by atoms with Crippen molar-refractivity contribution in [3.8, 4) is 0 Å². The summed E-state index contributed by atoms with van der Waals surface area (Å²) in [4.78, 5) is 4.74. The lowest BCUT2D eigenvalue weighted by atomic mass is 10.0. The molecule has 0 radical (unpaired) electrons. The molecule has 0 saturated heterocycles. The van der Waals surface area contributed by atoms with Crippen molar-refractivity contribution >= 4 is 22.6 Å². The Morgan fingerprint density at radius 3 is 2.57 bits per heavy atom. The Morgan fingerprint density at radius 2 is 1.86 bits per heavy atom. The smallest absolute Gasteiger partial charge is 0.111 e. The number of likely N-dealkylation sites (N-methyl/N-ethyl adjacent to an activating group) is 1. The molecule has 3 rings (SSSR count). The number of para-hydroxylation sites is 2. The SMILES string of the molecule is CNC(Cc1nc2ccccc2n1C)c1ccccc1Cl. The second-order valence-electron chi connectivity index (χ2n) is 5.14. The van der Waals surface area contributed by atoms with Gasteiger partial charge in [0.2, 0.25) is 0 Å². The highest BCUT2D eigenvalue weighted by Crippen LogP contribution is 2.26. The second kappa shape index (κ2) is 5.88. The summed E-state index contributed by atoms with van der Waals surface area (Å²) >= 11 is 6.32. The first-order valence-corrected chi connectivity index (χ1v) is 7.40. The third kappa shape index (κ3) is 2.67. The molecule has 1 N–H and O–H groups in total. The Hall–Kier alpha value is -1.84. The first kappa shape index (κ1) is 14.1. The van der Waals surface area contributed by atoms with Gasteiger partial charge in [-0.25, -0.2) is 4.98 Å². The van der Waals surface area contributed by atoms with Crippen molar-refractivity contribution in [1.82, 2.24) is 14.9 Å². The molecule has 0 aliphatic heterocycles. The summed E-state index contributed by atoms with van der Waals surface area (Å²) in [5, 5.41) is 4.13. The van der Waals surface area contributed by atoms with E-state index >= 15 is 0 Å². The fourth-order valence-corrected chi connectivity index (χ4v) is 2.95. The van der Waals surface area contributed by atoms with Gasteiger partial charge in [0, 0.05) is 24.5 Å². The molecular weight excluding hydrogens is 282 g/mol. The van der Waals surface area contributed by atoms with E-state index in [1.54, 1.807) is 0 Å². The predicted octanol–water partition coefficient (Wildman–Crippen LogP) is 3.73. The van der Waals surface area contributed by atoms with Gasteiger partial charge in [-0.1, -0.05) is 41.9 Å². The summed E-state index contributed by atoms with van der Waals surface area (Å²) in [7, 11) is 4.01. The van der Waals surface area contributed by atoms with E-state index in [4.69, 9.17) is 16.6 Å². The standard InChI is InChI=1S/C17H18ClN3/c1-19-15(12-7-3-4-8-13(12)18)11-17-20-14-9-5-6-10-16(14)21(17)2/h3-10,15,19H,11H2,1-2H3. The lowest BCUT2D eigenvalue weighted by Crippen LogP contribution is -2.20. The number of imidazole rings is 1.